The van der Waals surface area contributed by atoms with Crippen molar-refractivity contribution in [2.24, 2.45) is 0 Å². The van der Waals surface area contributed by atoms with Crippen molar-refractivity contribution in [1.29, 1.82) is 0 Å². The number of fused-ring (bicyclic) bond motifs is 1. The Labute approximate surface area is 125 Å². The zero-order valence-corrected chi connectivity index (χ0v) is 12.9. The summed E-state index contributed by atoms with van der Waals surface area (Å²) >= 11 is 0. The van der Waals surface area contributed by atoms with E-state index in [-0.39, 0.29) is 12.1 Å². The molecular weight excluding hydrogens is 266 g/mol. The molecule has 1 unspecified atom stereocenters. The highest BCUT2D eigenvalue weighted by atomic mass is 16.5. The standard InChI is InChI=1S/C16H23N3O2/c1-12-13-6-4-5-7-14(13)19-15(18-12)10-17-16(2,8-9-20)11-21-3/h4-7,17,20H,8-11H2,1-3H3. The van der Waals surface area contributed by atoms with E-state index in [1.54, 1.807) is 7.11 Å². The average molecular weight is 289 g/mol. The number of rotatable bonds is 7. The van der Waals surface area contributed by atoms with Crippen molar-refractivity contribution in [1.82, 2.24) is 15.3 Å². The van der Waals surface area contributed by atoms with E-state index in [0.29, 0.717) is 19.6 Å². The monoisotopic (exact) mass is 289 g/mol. The summed E-state index contributed by atoms with van der Waals surface area (Å²) < 4.78 is 5.23. The fourth-order valence-corrected chi connectivity index (χ4v) is 2.44. The minimum atomic E-state index is -0.285. The summed E-state index contributed by atoms with van der Waals surface area (Å²) in [5.74, 6) is 0.756. The Hall–Kier alpha value is -1.56. The molecule has 0 radical (unpaired) electrons. The van der Waals surface area contributed by atoms with E-state index in [0.717, 1.165) is 22.4 Å². The second-order valence-electron chi connectivity index (χ2n) is 5.56. The fourth-order valence-electron chi connectivity index (χ4n) is 2.44. The Morgan fingerprint density at radius 3 is 2.76 bits per heavy atom. The van der Waals surface area contributed by atoms with Crippen LogP contribution in [0.25, 0.3) is 10.9 Å². The van der Waals surface area contributed by atoms with E-state index in [1.807, 2.05) is 38.1 Å². The number of benzene rings is 1. The first-order chi connectivity index (χ1) is 10.1. The van der Waals surface area contributed by atoms with Crippen LogP contribution in [0, 0.1) is 6.92 Å². The third-order valence-corrected chi connectivity index (χ3v) is 3.64. The predicted molar refractivity (Wildman–Crippen MR) is 83.1 cm³/mol. The van der Waals surface area contributed by atoms with E-state index in [4.69, 9.17) is 4.74 Å². The molecule has 0 aliphatic carbocycles. The topological polar surface area (TPSA) is 67.3 Å². The molecule has 1 atom stereocenters. The molecule has 2 aromatic rings. The number of hydrogen-bond acceptors (Lipinski definition) is 5. The Kier molecular flexibility index (Phi) is 5.22. The van der Waals surface area contributed by atoms with Gasteiger partial charge in [-0.25, -0.2) is 9.97 Å². The number of aryl methyl sites for hydroxylation is 1. The predicted octanol–water partition coefficient (Wildman–Crippen LogP) is 1.82. The van der Waals surface area contributed by atoms with Crippen molar-refractivity contribution < 1.29 is 9.84 Å². The molecule has 5 nitrogen and oxygen atoms in total. The summed E-state index contributed by atoms with van der Waals surface area (Å²) in [6, 6.07) is 8.00. The maximum Gasteiger partial charge on any atom is 0.143 e. The summed E-state index contributed by atoms with van der Waals surface area (Å²) in [6.45, 7) is 5.21. The van der Waals surface area contributed by atoms with E-state index < -0.39 is 0 Å². The largest absolute Gasteiger partial charge is 0.396 e. The van der Waals surface area contributed by atoms with Gasteiger partial charge in [0.1, 0.15) is 5.82 Å². The zero-order chi connectivity index (χ0) is 15.3. The Morgan fingerprint density at radius 1 is 1.29 bits per heavy atom. The number of aliphatic hydroxyl groups is 1. The number of hydrogen-bond donors (Lipinski definition) is 2. The molecule has 0 amide bonds. The van der Waals surface area contributed by atoms with Crippen LogP contribution in [-0.2, 0) is 11.3 Å². The number of nitrogens with one attached hydrogen (secondary N) is 1. The molecule has 0 fully saturated rings. The number of ether oxygens (including phenoxy) is 1. The highest BCUT2D eigenvalue weighted by molar-refractivity contribution is 5.80. The maximum absolute atomic E-state index is 9.18. The van der Waals surface area contributed by atoms with Crippen molar-refractivity contribution >= 4 is 10.9 Å². The lowest BCUT2D eigenvalue weighted by Crippen LogP contribution is -2.46. The minimum absolute atomic E-state index is 0.116. The molecule has 21 heavy (non-hydrogen) atoms. The van der Waals surface area contributed by atoms with Crippen molar-refractivity contribution in [3.63, 3.8) is 0 Å². The first-order valence-electron chi connectivity index (χ1n) is 7.15. The molecule has 0 bridgehead atoms. The van der Waals surface area contributed by atoms with Crippen LogP contribution in [0.3, 0.4) is 0 Å². The lowest BCUT2D eigenvalue weighted by Gasteiger charge is -2.29. The van der Waals surface area contributed by atoms with Gasteiger partial charge < -0.3 is 15.2 Å². The van der Waals surface area contributed by atoms with E-state index in [9.17, 15) is 5.11 Å². The molecular formula is C16H23N3O2. The normalized spacial score (nSPS) is 14.3. The molecule has 0 aliphatic rings. The second kappa shape index (κ2) is 6.93. The molecule has 5 heteroatoms. The van der Waals surface area contributed by atoms with Gasteiger partial charge in [0.05, 0.1) is 18.7 Å². The van der Waals surface area contributed by atoms with Crippen LogP contribution < -0.4 is 5.32 Å². The van der Waals surface area contributed by atoms with Gasteiger partial charge in [0.15, 0.2) is 0 Å². The van der Waals surface area contributed by atoms with E-state index >= 15 is 0 Å². The molecule has 0 saturated heterocycles. The van der Waals surface area contributed by atoms with Crippen molar-refractivity contribution in [3.8, 4) is 0 Å². The average Bonchev–Trinajstić information content (AvgIpc) is 2.46. The van der Waals surface area contributed by atoms with Gasteiger partial charge in [-0.2, -0.15) is 0 Å². The summed E-state index contributed by atoms with van der Waals surface area (Å²) in [4.78, 5) is 9.13. The minimum Gasteiger partial charge on any atom is -0.396 e. The Balaban J connectivity index is 2.16. The Bertz CT molecular complexity index is 595. The van der Waals surface area contributed by atoms with Crippen molar-refractivity contribution in [2.45, 2.75) is 32.4 Å². The van der Waals surface area contributed by atoms with Gasteiger partial charge in [0.25, 0.3) is 0 Å². The zero-order valence-electron chi connectivity index (χ0n) is 12.9. The molecule has 1 aromatic carbocycles. The molecule has 114 valence electrons. The molecule has 0 saturated carbocycles. The van der Waals surface area contributed by atoms with Crippen LogP contribution in [-0.4, -0.2) is 40.9 Å². The number of aromatic nitrogens is 2. The first-order valence-corrected chi connectivity index (χ1v) is 7.15. The quantitative estimate of drug-likeness (QED) is 0.814. The number of aliphatic hydroxyl groups excluding tert-OH is 1. The van der Waals surface area contributed by atoms with Crippen LogP contribution in [0.15, 0.2) is 24.3 Å². The first kappa shape index (κ1) is 15.8. The lowest BCUT2D eigenvalue weighted by molar-refractivity contribution is 0.0965. The molecule has 2 rings (SSSR count). The van der Waals surface area contributed by atoms with Crippen LogP contribution in [0.1, 0.15) is 24.9 Å². The number of para-hydroxylation sites is 1. The summed E-state index contributed by atoms with van der Waals surface area (Å²) in [7, 11) is 1.66. The van der Waals surface area contributed by atoms with E-state index in [2.05, 4.69) is 15.3 Å². The lowest BCUT2D eigenvalue weighted by atomic mass is 9.99. The van der Waals surface area contributed by atoms with Gasteiger partial charge in [0.2, 0.25) is 0 Å². The van der Waals surface area contributed by atoms with Crippen molar-refractivity contribution in [3.05, 3.63) is 35.8 Å². The Morgan fingerprint density at radius 2 is 2.05 bits per heavy atom. The molecule has 1 heterocycles. The molecule has 0 aliphatic heterocycles. The third-order valence-electron chi connectivity index (χ3n) is 3.64. The maximum atomic E-state index is 9.18. The summed E-state index contributed by atoms with van der Waals surface area (Å²) in [5.41, 5.74) is 1.65. The number of methoxy groups -OCH3 is 1. The molecule has 0 spiro atoms. The van der Waals surface area contributed by atoms with Crippen LogP contribution in [0.4, 0.5) is 0 Å². The van der Waals surface area contributed by atoms with Gasteiger partial charge in [-0.15, -0.1) is 0 Å². The fraction of sp³-hybridized carbons (Fsp3) is 0.500. The smallest absolute Gasteiger partial charge is 0.143 e. The second-order valence-corrected chi connectivity index (χ2v) is 5.56. The highest BCUT2D eigenvalue weighted by Crippen LogP contribution is 2.15. The van der Waals surface area contributed by atoms with Gasteiger partial charge in [-0.3, -0.25) is 0 Å². The SMILES string of the molecule is COCC(C)(CCO)NCc1nc(C)c2ccccc2n1. The van der Waals surface area contributed by atoms with Gasteiger partial charge in [0, 0.05) is 30.3 Å². The van der Waals surface area contributed by atoms with E-state index in [1.165, 1.54) is 0 Å². The van der Waals surface area contributed by atoms with Gasteiger partial charge in [-0.05, 0) is 26.3 Å². The third kappa shape index (κ3) is 3.97. The van der Waals surface area contributed by atoms with Crippen LogP contribution >= 0.6 is 0 Å². The molecule has 2 N–H and O–H groups in total. The van der Waals surface area contributed by atoms with Crippen LogP contribution in [0.5, 0.6) is 0 Å². The van der Waals surface area contributed by atoms with Crippen molar-refractivity contribution in [2.75, 3.05) is 20.3 Å². The van der Waals surface area contributed by atoms with Gasteiger partial charge >= 0.3 is 0 Å². The summed E-state index contributed by atoms with van der Waals surface area (Å²) in [5, 5.41) is 13.7. The molecule has 1 aromatic heterocycles. The highest BCUT2D eigenvalue weighted by Gasteiger charge is 2.23. The number of nitrogens with zero attached hydrogens (tertiary/aromatic N) is 2. The van der Waals surface area contributed by atoms with Gasteiger partial charge in [-0.1, -0.05) is 18.2 Å². The summed E-state index contributed by atoms with van der Waals surface area (Å²) in [6.07, 6.45) is 0.618. The van der Waals surface area contributed by atoms with Crippen LogP contribution in [0.2, 0.25) is 0 Å².